The Morgan fingerprint density at radius 1 is 1.73 bits per heavy atom. The SMILES string of the molecule is COc1ncc(Cl)cc1C=O. The molecule has 3 nitrogen and oxygen atoms in total. The molecule has 0 amide bonds. The van der Waals surface area contributed by atoms with E-state index in [0.29, 0.717) is 22.8 Å². The van der Waals surface area contributed by atoms with E-state index >= 15 is 0 Å². The van der Waals surface area contributed by atoms with Crippen LogP contribution >= 0.6 is 11.6 Å². The summed E-state index contributed by atoms with van der Waals surface area (Å²) in [5.74, 6) is 0.296. The van der Waals surface area contributed by atoms with Crippen LogP contribution in [-0.4, -0.2) is 18.4 Å². The molecule has 0 aromatic carbocycles. The van der Waals surface area contributed by atoms with Crippen molar-refractivity contribution in [1.82, 2.24) is 4.98 Å². The van der Waals surface area contributed by atoms with Gasteiger partial charge in [0, 0.05) is 6.20 Å². The largest absolute Gasteiger partial charge is 0.480 e. The Bertz CT molecular complexity index is 275. The number of halogens is 1. The highest BCUT2D eigenvalue weighted by Crippen LogP contribution is 2.16. The smallest absolute Gasteiger partial charge is 0.223 e. The second kappa shape index (κ2) is 3.34. The second-order valence-electron chi connectivity index (χ2n) is 1.87. The first kappa shape index (κ1) is 8.01. The van der Waals surface area contributed by atoms with Gasteiger partial charge in [0.05, 0.1) is 17.7 Å². The van der Waals surface area contributed by atoms with E-state index in [2.05, 4.69) is 4.98 Å². The molecule has 1 aromatic rings. The third kappa shape index (κ3) is 1.68. The average Bonchev–Trinajstić information content (AvgIpc) is 2.04. The minimum atomic E-state index is 0.296. The number of methoxy groups -OCH3 is 1. The van der Waals surface area contributed by atoms with E-state index in [9.17, 15) is 4.79 Å². The van der Waals surface area contributed by atoms with E-state index in [1.807, 2.05) is 0 Å². The van der Waals surface area contributed by atoms with Crippen molar-refractivity contribution in [2.45, 2.75) is 0 Å². The number of hydrogen-bond donors (Lipinski definition) is 0. The molecule has 11 heavy (non-hydrogen) atoms. The molecule has 1 aromatic heterocycles. The Morgan fingerprint density at radius 3 is 3.00 bits per heavy atom. The summed E-state index contributed by atoms with van der Waals surface area (Å²) in [5, 5.41) is 0.424. The van der Waals surface area contributed by atoms with Crippen LogP contribution in [-0.2, 0) is 0 Å². The molecule has 0 aliphatic carbocycles. The monoisotopic (exact) mass is 171 g/mol. The molecule has 1 heterocycles. The summed E-state index contributed by atoms with van der Waals surface area (Å²) >= 11 is 5.58. The highest BCUT2D eigenvalue weighted by molar-refractivity contribution is 6.30. The molecule has 0 aliphatic heterocycles. The lowest BCUT2D eigenvalue weighted by Gasteiger charge is -2.00. The summed E-state index contributed by atoms with van der Waals surface area (Å²) in [4.78, 5) is 14.1. The van der Waals surface area contributed by atoms with Crippen LogP contribution in [0.5, 0.6) is 5.88 Å². The number of carbonyl (C=O) groups is 1. The fourth-order valence-corrected chi connectivity index (χ4v) is 0.864. The summed E-state index contributed by atoms with van der Waals surface area (Å²) < 4.78 is 4.79. The van der Waals surface area contributed by atoms with E-state index in [1.54, 1.807) is 0 Å². The molecule has 0 saturated heterocycles. The van der Waals surface area contributed by atoms with Gasteiger partial charge in [0.1, 0.15) is 0 Å². The minimum absolute atomic E-state index is 0.296. The van der Waals surface area contributed by atoms with Crippen molar-refractivity contribution in [2.24, 2.45) is 0 Å². The predicted octanol–water partition coefficient (Wildman–Crippen LogP) is 1.56. The van der Waals surface area contributed by atoms with Crippen LogP contribution in [0.1, 0.15) is 10.4 Å². The zero-order valence-electron chi connectivity index (χ0n) is 5.87. The van der Waals surface area contributed by atoms with Gasteiger partial charge in [-0.05, 0) is 6.07 Å². The van der Waals surface area contributed by atoms with E-state index in [4.69, 9.17) is 16.3 Å². The third-order valence-corrected chi connectivity index (χ3v) is 1.37. The van der Waals surface area contributed by atoms with Crippen LogP contribution < -0.4 is 4.74 Å². The van der Waals surface area contributed by atoms with Crippen molar-refractivity contribution in [1.29, 1.82) is 0 Å². The standard InChI is InChI=1S/C7H6ClNO2/c1-11-7-5(4-10)2-6(8)3-9-7/h2-4H,1H3. The summed E-state index contributed by atoms with van der Waals surface area (Å²) in [6, 6.07) is 1.50. The zero-order chi connectivity index (χ0) is 8.27. The van der Waals surface area contributed by atoms with Crippen LogP contribution in [0.2, 0.25) is 5.02 Å². The number of rotatable bonds is 2. The third-order valence-electron chi connectivity index (χ3n) is 1.17. The zero-order valence-corrected chi connectivity index (χ0v) is 6.63. The molecule has 0 N–H and O–H groups in total. The second-order valence-corrected chi connectivity index (χ2v) is 2.31. The van der Waals surface area contributed by atoms with Crippen LogP contribution in [0.4, 0.5) is 0 Å². The number of carbonyl (C=O) groups excluding carboxylic acids is 1. The molecule has 0 fully saturated rings. The lowest BCUT2D eigenvalue weighted by Crippen LogP contribution is -1.92. The Hall–Kier alpha value is -1.09. The van der Waals surface area contributed by atoms with Crippen LogP contribution in [0.25, 0.3) is 0 Å². The first-order valence-corrected chi connectivity index (χ1v) is 3.30. The lowest BCUT2D eigenvalue weighted by molar-refractivity contribution is 0.112. The van der Waals surface area contributed by atoms with Gasteiger partial charge in [-0.2, -0.15) is 0 Å². The maximum Gasteiger partial charge on any atom is 0.223 e. The molecular weight excluding hydrogens is 166 g/mol. The maximum absolute atomic E-state index is 10.4. The normalized spacial score (nSPS) is 9.27. The van der Waals surface area contributed by atoms with E-state index in [0.717, 1.165) is 0 Å². The van der Waals surface area contributed by atoms with Crippen molar-refractivity contribution in [3.8, 4) is 5.88 Å². The molecule has 0 atom stereocenters. The first-order valence-electron chi connectivity index (χ1n) is 2.92. The number of aldehydes is 1. The van der Waals surface area contributed by atoms with Gasteiger partial charge in [-0.3, -0.25) is 4.79 Å². The maximum atomic E-state index is 10.4. The average molecular weight is 172 g/mol. The molecule has 0 radical (unpaired) electrons. The van der Waals surface area contributed by atoms with Gasteiger partial charge in [-0.25, -0.2) is 4.98 Å². The summed E-state index contributed by atoms with van der Waals surface area (Å²) in [5.41, 5.74) is 0.361. The van der Waals surface area contributed by atoms with Crippen molar-refractivity contribution in [3.63, 3.8) is 0 Å². The number of pyridine rings is 1. The van der Waals surface area contributed by atoms with Crippen molar-refractivity contribution in [3.05, 3.63) is 22.8 Å². The Morgan fingerprint density at radius 2 is 2.45 bits per heavy atom. The molecule has 0 saturated carbocycles. The van der Waals surface area contributed by atoms with Crippen molar-refractivity contribution < 1.29 is 9.53 Å². The topological polar surface area (TPSA) is 39.2 Å². The Labute approximate surface area is 69.0 Å². The predicted molar refractivity (Wildman–Crippen MR) is 41.2 cm³/mol. The van der Waals surface area contributed by atoms with E-state index < -0.39 is 0 Å². The number of aromatic nitrogens is 1. The quantitative estimate of drug-likeness (QED) is 0.634. The minimum Gasteiger partial charge on any atom is -0.480 e. The summed E-state index contributed by atoms with van der Waals surface area (Å²) in [6.07, 6.45) is 2.07. The summed E-state index contributed by atoms with van der Waals surface area (Å²) in [6.45, 7) is 0. The van der Waals surface area contributed by atoms with Gasteiger partial charge in [-0.15, -0.1) is 0 Å². The van der Waals surface area contributed by atoms with Gasteiger partial charge in [0.2, 0.25) is 5.88 Å². The van der Waals surface area contributed by atoms with Gasteiger partial charge < -0.3 is 4.74 Å². The molecule has 4 heteroatoms. The van der Waals surface area contributed by atoms with E-state index in [1.165, 1.54) is 19.4 Å². The summed E-state index contributed by atoms with van der Waals surface area (Å²) in [7, 11) is 1.45. The first-order chi connectivity index (χ1) is 5.27. The van der Waals surface area contributed by atoms with Crippen LogP contribution in [0, 0.1) is 0 Å². The van der Waals surface area contributed by atoms with Crippen molar-refractivity contribution >= 4 is 17.9 Å². The van der Waals surface area contributed by atoms with Crippen LogP contribution in [0.15, 0.2) is 12.3 Å². The van der Waals surface area contributed by atoms with Gasteiger partial charge in [-0.1, -0.05) is 11.6 Å². The fraction of sp³-hybridized carbons (Fsp3) is 0.143. The van der Waals surface area contributed by atoms with Gasteiger partial charge in [0.25, 0.3) is 0 Å². The lowest BCUT2D eigenvalue weighted by atomic mass is 10.3. The molecule has 0 unspecified atom stereocenters. The van der Waals surface area contributed by atoms with Crippen LogP contribution in [0.3, 0.4) is 0 Å². The number of hydrogen-bond acceptors (Lipinski definition) is 3. The molecule has 0 bridgehead atoms. The Balaban J connectivity index is 3.16. The van der Waals surface area contributed by atoms with Gasteiger partial charge in [0.15, 0.2) is 6.29 Å². The number of nitrogens with zero attached hydrogens (tertiary/aromatic N) is 1. The van der Waals surface area contributed by atoms with Gasteiger partial charge >= 0.3 is 0 Å². The Kier molecular flexibility index (Phi) is 2.44. The highest BCUT2D eigenvalue weighted by atomic mass is 35.5. The molecule has 58 valence electrons. The molecule has 0 spiro atoms. The fourth-order valence-electron chi connectivity index (χ4n) is 0.697. The molecule has 0 aliphatic rings. The van der Waals surface area contributed by atoms with E-state index in [-0.39, 0.29) is 0 Å². The van der Waals surface area contributed by atoms with Crippen molar-refractivity contribution in [2.75, 3.05) is 7.11 Å². The molecule has 1 rings (SSSR count). The highest BCUT2D eigenvalue weighted by Gasteiger charge is 2.02. The number of ether oxygens (including phenoxy) is 1. The molecular formula is C7H6ClNO2.